The lowest BCUT2D eigenvalue weighted by Crippen LogP contribution is -2.40. The third-order valence-electron chi connectivity index (χ3n) is 7.09. The van der Waals surface area contributed by atoms with Gasteiger partial charge in [0.1, 0.15) is 12.1 Å². The van der Waals surface area contributed by atoms with Crippen LogP contribution in [0.3, 0.4) is 0 Å². The van der Waals surface area contributed by atoms with E-state index in [9.17, 15) is 13.2 Å². The summed E-state index contributed by atoms with van der Waals surface area (Å²) >= 11 is 0. The van der Waals surface area contributed by atoms with Gasteiger partial charge in [-0.05, 0) is 64.0 Å². The predicted molar refractivity (Wildman–Crippen MR) is 139 cm³/mol. The van der Waals surface area contributed by atoms with Crippen molar-refractivity contribution >= 4 is 27.4 Å². The number of benzene rings is 1. The van der Waals surface area contributed by atoms with E-state index in [-0.39, 0.29) is 11.7 Å². The maximum Gasteiger partial charge on any atom is 0.236 e. The zero-order valence-electron chi connectivity index (χ0n) is 21.0. The Balaban J connectivity index is 1.37. The first-order valence-electron chi connectivity index (χ1n) is 12.4. The average molecular weight is 523 g/mol. The molecule has 0 radical (unpaired) electrons. The summed E-state index contributed by atoms with van der Waals surface area (Å²) in [5.74, 6) is 1.44. The highest BCUT2D eigenvalue weighted by Crippen LogP contribution is 2.60. The Morgan fingerprint density at radius 3 is 2.54 bits per heavy atom. The molecule has 3 aromatic rings. The van der Waals surface area contributed by atoms with E-state index in [4.69, 9.17) is 4.74 Å². The Morgan fingerprint density at radius 2 is 1.86 bits per heavy atom. The number of hydrogen-bond donors (Lipinski definition) is 2. The van der Waals surface area contributed by atoms with E-state index >= 15 is 0 Å². The average Bonchev–Trinajstić information content (AvgIpc) is 3.49. The van der Waals surface area contributed by atoms with Crippen molar-refractivity contribution in [1.29, 1.82) is 0 Å². The molecule has 2 heterocycles. The van der Waals surface area contributed by atoms with E-state index in [2.05, 4.69) is 30.0 Å². The van der Waals surface area contributed by atoms with Crippen LogP contribution in [0.15, 0.2) is 49.1 Å². The van der Waals surface area contributed by atoms with Crippen LogP contribution in [0.2, 0.25) is 0 Å². The van der Waals surface area contributed by atoms with Crippen LogP contribution in [0.25, 0.3) is 11.3 Å². The lowest BCUT2D eigenvalue weighted by Gasteiger charge is -2.29. The van der Waals surface area contributed by atoms with Crippen molar-refractivity contribution in [1.82, 2.24) is 19.9 Å². The molecule has 2 aliphatic carbocycles. The van der Waals surface area contributed by atoms with Crippen LogP contribution in [-0.4, -0.2) is 46.1 Å². The fourth-order valence-corrected chi connectivity index (χ4v) is 5.56. The predicted octanol–water partition coefficient (Wildman–Crippen LogP) is 3.79. The number of carbonyl (C=O) groups excluding carboxylic acids is 1. The molecule has 2 saturated carbocycles. The Hall–Kier alpha value is -3.60. The van der Waals surface area contributed by atoms with Gasteiger partial charge in [0.15, 0.2) is 0 Å². The van der Waals surface area contributed by atoms with E-state index in [1.807, 2.05) is 31.2 Å². The third kappa shape index (κ3) is 5.13. The first-order valence-corrected chi connectivity index (χ1v) is 14.0. The fourth-order valence-electron chi connectivity index (χ4n) is 4.92. The number of nitrogens with zero attached hydrogens (tertiary/aromatic N) is 4. The molecule has 2 N–H and O–H groups in total. The lowest BCUT2D eigenvalue weighted by molar-refractivity contribution is -0.122. The normalized spacial score (nSPS) is 22.4. The summed E-state index contributed by atoms with van der Waals surface area (Å²) in [6, 6.07) is 8.99. The second kappa shape index (κ2) is 9.70. The van der Waals surface area contributed by atoms with Crippen molar-refractivity contribution in [3.63, 3.8) is 0 Å². The van der Waals surface area contributed by atoms with Crippen molar-refractivity contribution in [3.8, 4) is 17.1 Å². The van der Waals surface area contributed by atoms with Gasteiger partial charge in [0, 0.05) is 17.3 Å². The molecule has 2 atom stereocenters. The molecule has 1 aromatic carbocycles. The Morgan fingerprint density at radius 1 is 1.14 bits per heavy atom. The number of sulfonamides is 1. The highest BCUT2D eigenvalue weighted by molar-refractivity contribution is 7.93. The number of amides is 1. The molecule has 2 fully saturated rings. The van der Waals surface area contributed by atoms with Gasteiger partial charge in [-0.3, -0.25) is 14.5 Å². The molecule has 2 aromatic heterocycles. The molecule has 0 spiro atoms. The molecule has 2 aliphatic rings. The van der Waals surface area contributed by atoms with Gasteiger partial charge in [-0.1, -0.05) is 12.1 Å². The number of aromatic nitrogens is 4. The highest BCUT2D eigenvalue weighted by atomic mass is 32.2. The van der Waals surface area contributed by atoms with Crippen LogP contribution < -0.4 is 14.8 Å². The van der Waals surface area contributed by atoms with Gasteiger partial charge < -0.3 is 10.1 Å². The molecule has 5 rings (SSSR count). The van der Waals surface area contributed by atoms with E-state index < -0.39 is 20.7 Å². The first-order chi connectivity index (χ1) is 17.7. The molecule has 1 amide bonds. The minimum atomic E-state index is -3.57. The summed E-state index contributed by atoms with van der Waals surface area (Å²) in [4.78, 5) is 30.9. The first kappa shape index (κ1) is 25.1. The minimum Gasteiger partial charge on any atom is -0.477 e. The van der Waals surface area contributed by atoms with Gasteiger partial charge in [0.2, 0.25) is 21.8 Å². The second-order valence-corrected chi connectivity index (χ2v) is 12.2. The van der Waals surface area contributed by atoms with Crippen molar-refractivity contribution in [2.24, 2.45) is 11.8 Å². The number of rotatable bonds is 9. The topological polar surface area (TPSA) is 136 Å². The van der Waals surface area contributed by atoms with Crippen molar-refractivity contribution < 1.29 is 17.9 Å². The van der Waals surface area contributed by atoms with E-state index in [1.165, 1.54) is 6.33 Å². The zero-order valence-corrected chi connectivity index (χ0v) is 21.8. The third-order valence-corrected chi connectivity index (χ3v) is 8.83. The number of ether oxygens (including phenoxy) is 1. The molecule has 10 nitrogen and oxygen atoms in total. The Bertz CT molecular complexity index is 1400. The van der Waals surface area contributed by atoms with Gasteiger partial charge in [-0.15, -0.1) is 0 Å². The largest absolute Gasteiger partial charge is 0.477 e. The van der Waals surface area contributed by atoms with Crippen molar-refractivity contribution in [2.45, 2.75) is 50.7 Å². The van der Waals surface area contributed by atoms with Gasteiger partial charge in [-0.25, -0.2) is 23.4 Å². The van der Waals surface area contributed by atoms with Crippen LogP contribution in [0, 0.1) is 11.8 Å². The van der Waals surface area contributed by atoms with Crippen LogP contribution in [0.1, 0.15) is 45.7 Å². The SMILES string of the molecule is CCOc1cncc(-c2ccc(NC(=O)C3(c4cc(NS(=O)(=O)C(C)C)ncn4)CC4CC4C3)cc2)n1. The smallest absolute Gasteiger partial charge is 0.236 e. The Kier molecular flexibility index (Phi) is 6.57. The standard InChI is InChI=1S/C26H30N6O4S/c1-4-36-24-14-27-13-21(31-24)17-5-7-20(8-6-17)30-25(33)26(11-18-9-19(18)12-26)22-10-23(29-15-28-22)32-37(34,35)16(2)3/h5-8,10,13-16,18-19H,4,9,11-12H2,1-3H3,(H,30,33)(H,28,29,32). The molecular formula is C26H30N6O4S. The van der Waals surface area contributed by atoms with Crippen LogP contribution in [0.4, 0.5) is 11.5 Å². The summed E-state index contributed by atoms with van der Waals surface area (Å²) in [6.07, 6.45) is 7.02. The maximum atomic E-state index is 13.7. The summed E-state index contributed by atoms with van der Waals surface area (Å²) in [5.41, 5.74) is 1.87. The second-order valence-electron chi connectivity index (χ2n) is 9.94. The zero-order chi connectivity index (χ0) is 26.2. The number of anilines is 2. The van der Waals surface area contributed by atoms with Gasteiger partial charge in [-0.2, -0.15) is 0 Å². The van der Waals surface area contributed by atoms with Crippen LogP contribution in [0.5, 0.6) is 5.88 Å². The summed E-state index contributed by atoms with van der Waals surface area (Å²) in [5, 5.41) is 2.45. The summed E-state index contributed by atoms with van der Waals surface area (Å²) in [6.45, 7) is 5.58. The quantitative estimate of drug-likeness (QED) is 0.433. The van der Waals surface area contributed by atoms with Crippen LogP contribution >= 0.6 is 0 Å². The molecular weight excluding hydrogens is 492 g/mol. The van der Waals surface area contributed by atoms with E-state index in [1.54, 1.807) is 32.3 Å². The minimum absolute atomic E-state index is 0.151. The van der Waals surface area contributed by atoms with Crippen LogP contribution in [-0.2, 0) is 20.2 Å². The number of fused-ring (bicyclic) bond motifs is 1. The molecule has 11 heteroatoms. The highest BCUT2D eigenvalue weighted by Gasteiger charge is 2.59. The molecule has 0 bridgehead atoms. The molecule has 2 unspecified atom stereocenters. The fraction of sp³-hybridized carbons (Fsp3) is 0.423. The van der Waals surface area contributed by atoms with Gasteiger partial charge in [0.05, 0.1) is 41.1 Å². The monoisotopic (exact) mass is 522 g/mol. The maximum absolute atomic E-state index is 13.7. The number of hydrogen-bond acceptors (Lipinski definition) is 8. The van der Waals surface area contributed by atoms with E-state index in [0.29, 0.717) is 54.2 Å². The summed E-state index contributed by atoms with van der Waals surface area (Å²) < 4.78 is 32.7. The summed E-state index contributed by atoms with van der Waals surface area (Å²) in [7, 11) is -3.57. The lowest BCUT2D eigenvalue weighted by atomic mass is 9.78. The van der Waals surface area contributed by atoms with Gasteiger partial charge >= 0.3 is 0 Å². The molecule has 37 heavy (non-hydrogen) atoms. The van der Waals surface area contributed by atoms with Crippen molar-refractivity contribution in [3.05, 3.63) is 54.7 Å². The van der Waals surface area contributed by atoms with E-state index in [0.717, 1.165) is 12.0 Å². The molecule has 194 valence electrons. The van der Waals surface area contributed by atoms with Gasteiger partial charge in [0.25, 0.3) is 0 Å². The van der Waals surface area contributed by atoms with Crippen molar-refractivity contribution in [2.75, 3.05) is 16.6 Å². The molecule has 0 aliphatic heterocycles. The number of nitrogens with one attached hydrogen (secondary N) is 2. The molecule has 0 saturated heterocycles. The Labute approximate surface area is 216 Å². The number of carbonyl (C=O) groups is 1.